The zero-order valence-corrected chi connectivity index (χ0v) is 12.5. The summed E-state index contributed by atoms with van der Waals surface area (Å²) in [6.45, 7) is 1.83. The number of aromatic nitrogens is 2. The third kappa shape index (κ3) is 2.50. The molecule has 0 saturated heterocycles. The number of hydrogen-bond acceptors (Lipinski definition) is 3. The Morgan fingerprint density at radius 2 is 2.00 bits per heavy atom. The van der Waals surface area contributed by atoms with Crippen molar-refractivity contribution in [2.24, 2.45) is 0 Å². The molecule has 0 fully saturated rings. The van der Waals surface area contributed by atoms with Gasteiger partial charge in [0.2, 0.25) is 0 Å². The van der Waals surface area contributed by atoms with Crippen LogP contribution in [0.5, 0.6) is 0 Å². The van der Waals surface area contributed by atoms with Gasteiger partial charge in [-0.05, 0) is 31.2 Å². The second-order valence-corrected chi connectivity index (χ2v) is 5.49. The molecule has 0 unspecified atom stereocenters. The van der Waals surface area contributed by atoms with Crippen LogP contribution in [0.25, 0.3) is 10.9 Å². The predicted octanol–water partition coefficient (Wildman–Crippen LogP) is 2.95. The van der Waals surface area contributed by atoms with E-state index in [0.717, 1.165) is 4.57 Å². The number of rotatable bonds is 2. The third-order valence-electron chi connectivity index (χ3n) is 3.11. The van der Waals surface area contributed by atoms with Crippen LogP contribution in [0, 0.1) is 6.92 Å². The molecule has 0 radical (unpaired) electrons. The monoisotopic (exact) mass is 324 g/mol. The molecule has 21 heavy (non-hydrogen) atoms. The van der Waals surface area contributed by atoms with Gasteiger partial charge in [-0.25, -0.2) is 4.79 Å². The number of nitrogens with zero attached hydrogens (tertiary/aromatic N) is 1. The molecular weight excluding hydrogens is 315 g/mol. The molecule has 3 aromatic rings. The molecular formula is C14H10Cl2N2O3. The van der Waals surface area contributed by atoms with Crippen molar-refractivity contribution in [3.8, 4) is 0 Å². The molecule has 0 saturated carbocycles. The lowest BCUT2D eigenvalue weighted by molar-refractivity contribution is 0.463. The topological polar surface area (TPSA) is 68.0 Å². The molecule has 1 aromatic carbocycles. The fraction of sp³-hybridized carbons (Fsp3) is 0.143. The van der Waals surface area contributed by atoms with Gasteiger partial charge in [0, 0.05) is 5.02 Å². The molecule has 0 atom stereocenters. The average molecular weight is 325 g/mol. The summed E-state index contributed by atoms with van der Waals surface area (Å²) >= 11 is 11.9. The van der Waals surface area contributed by atoms with Crippen molar-refractivity contribution in [1.82, 2.24) is 9.55 Å². The van der Waals surface area contributed by atoms with Crippen molar-refractivity contribution in [3.63, 3.8) is 0 Å². The summed E-state index contributed by atoms with van der Waals surface area (Å²) in [5, 5.41) is 0.772. The first kappa shape index (κ1) is 14.0. The van der Waals surface area contributed by atoms with Crippen LogP contribution >= 0.6 is 23.2 Å². The van der Waals surface area contributed by atoms with E-state index in [2.05, 4.69) is 4.98 Å². The highest BCUT2D eigenvalue weighted by Crippen LogP contribution is 2.23. The van der Waals surface area contributed by atoms with Gasteiger partial charge in [0.15, 0.2) is 0 Å². The Hall–Kier alpha value is -1.98. The number of fused-ring (bicyclic) bond motifs is 1. The van der Waals surface area contributed by atoms with Gasteiger partial charge in [0.05, 0.1) is 22.5 Å². The van der Waals surface area contributed by atoms with Crippen molar-refractivity contribution in [2.75, 3.05) is 0 Å². The van der Waals surface area contributed by atoms with E-state index in [4.69, 9.17) is 27.6 Å². The van der Waals surface area contributed by atoms with Crippen LogP contribution in [0.2, 0.25) is 10.0 Å². The Labute approximate surface area is 128 Å². The minimum atomic E-state index is -0.542. The number of H-pyrrole nitrogens is 1. The highest BCUT2D eigenvalue weighted by atomic mass is 35.5. The van der Waals surface area contributed by atoms with Crippen molar-refractivity contribution in [1.29, 1.82) is 0 Å². The lowest BCUT2D eigenvalue weighted by atomic mass is 10.2. The Balaban J connectivity index is 2.24. The van der Waals surface area contributed by atoms with Crippen molar-refractivity contribution in [3.05, 3.63) is 66.7 Å². The second kappa shape index (κ2) is 5.09. The van der Waals surface area contributed by atoms with Gasteiger partial charge < -0.3 is 9.40 Å². The summed E-state index contributed by atoms with van der Waals surface area (Å²) < 4.78 is 6.43. The number of nitrogens with one attached hydrogen (secondary N) is 1. The van der Waals surface area contributed by atoms with E-state index in [1.165, 1.54) is 12.1 Å². The molecule has 0 bridgehead atoms. The van der Waals surface area contributed by atoms with Crippen molar-refractivity contribution < 1.29 is 4.42 Å². The van der Waals surface area contributed by atoms with Crippen LogP contribution in [0.15, 0.2) is 38.3 Å². The van der Waals surface area contributed by atoms with E-state index in [-0.39, 0.29) is 17.0 Å². The second-order valence-electron chi connectivity index (χ2n) is 4.64. The van der Waals surface area contributed by atoms with Gasteiger partial charge in [-0.3, -0.25) is 9.36 Å². The minimum Gasteiger partial charge on any atom is -0.464 e. The Kier molecular flexibility index (Phi) is 3.39. The van der Waals surface area contributed by atoms with E-state index < -0.39 is 11.2 Å². The van der Waals surface area contributed by atoms with Crippen molar-refractivity contribution in [2.45, 2.75) is 13.5 Å². The fourth-order valence-corrected chi connectivity index (χ4v) is 2.74. The Morgan fingerprint density at radius 1 is 1.24 bits per heavy atom. The molecule has 0 amide bonds. The SMILES string of the molecule is Cc1ccc(Cn2c(=O)[nH]c3cc(Cl)cc(Cl)c3c2=O)o1. The molecule has 7 heteroatoms. The zero-order valence-electron chi connectivity index (χ0n) is 10.9. The van der Waals surface area contributed by atoms with Gasteiger partial charge >= 0.3 is 5.69 Å². The van der Waals surface area contributed by atoms with Crippen LogP contribution in [0.3, 0.4) is 0 Å². The van der Waals surface area contributed by atoms with E-state index >= 15 is 0 Å². The number of halogens is 2. The molecule has 2 aromatic heterocycles. The van der Waals surface area contributed by atoms with Gasteiger partial charge in [0.1, 0.15) is 11.5 Å². The quantitative estimate of drug-likeness (QED) is 0.788. The van der Waals surface area contributed by atoms with Crippen LogP contribution in [0.1, 0.15) is 11.5 Å². The minimum absolute atomic E-state index is 0.0386. The van der Waals surface area contributed by atoms with Crippen LogP contribution in [0.4, 0.5) is 0 Å². The molecule has 1 N–H and O–H groups in total. The molecule has 0 spiro atoms. The summed E-state index contributed by atoms with van der Waals surface area (Å²) in [6.07, 6.45) is 0. The van der Waals surface area contributed by atoms with E-state index in [0.29, 0.717) is 22.1 Å². The van der Waals surface area contributed by atoms with E-state index in [1.54, 1.807) is 19.1 Å². The first-order valence-electron chi connectivity index (χ1n) is 6.13. The normalized spacial score (nSPS) is 11.2. The molecule has 108 valence electrons. The smallest absolute Gasteiger partial charge is 0.329 e. The van der Waals surface area contributed by atoms with Gasteiger partial charge in [-0.1, -0.05) is 23.2 Å². The lowest BCUT2D eigenvalue weighted by Crippen LogP contribution is -2.35. The molecule has 5 nitrogen and oxygen atoms in total. The summed E-state index contributed by atoms with van der Waals surface area (Å²) in [5.41, 5.74) is -0.710. The maximum atomic E-state index is 12.5. The van der Waals surface area contributed by atoms with Gasteiger partial charge in [0.25, 0.3) is 5.56 Å². The Bertz CT molecular complexity index is 953. The van der Waals surface area contributed by atoms with E-state index in [9.17, 15) is 9.59 Å². The summed E-state index contributed by atoms with van der Waals surface area (Å²) in [6, 6.07) is 6.44. The van der Waals surface area contributed by atoms with Gasteiger partial charge in [-0.2, -0.15) is 0 Å². The summed E-state index contributed by atoms with van der Waals surface area (Å²) in [5.74, 6) is 1.23. The van der Waals surface area contributed by atoms with Crippen LogP contribution in [-0.2, 0) is 6.54 Å². The highest BCUT2D eigenvalue weighted by molar-refractivity contribution is 6.38. The number of aryl methyl sites for hydroxylation is 1. The highest BCUT2D eigenvalue weighted by Gasteiger charge is 2.13. The zero-order chi connectivity index (χ0) is 15.1. The molecule has 0 aliphatic carbocycles. The van der Waals surface area contributed by atoms with Crippen molar-refractivity contribution >= 4 is 34.1 Å². The number of benzene rings is 1. The fourth-order valence-electron chi connectivity index (χ4n) is 2.17. The summed E-state index contributed by atoms with van der Waals surface area (Å²) in [4.78, 5) is 27.1. The summed E-state index contributed by atoms with van der Waals surface area (Å²) in [7, 11) is 0. The van der Waals surface area contributed by atoms with Gasteiger partial charge in [-0.15, -0.1) is 0 Å². The maximum Gasteiger partial charge on any atom is 0.329 e. The molecule has 2 heterocycles. The van der Waals surface area contributed by atoms with E-state index in [1.807, 2.05) is 0 Å². The van der Waals surface area contributed by atoms with Crippen LogP contribution in [-0.4, -0.2) is 9.55 Å². The largest absolute Gasteiger partial charge is 0.464 e. The maximum absolute atomic E-state index is 12.5. The predicted molar refractivity (Wildman–Crippen MR) is 81.4 cm³/mol. The third-order valence-corrected chi connectivity index (χ3v) is 3.63. The number of hydrogen-bond donors (Lipinski definition) is 1. The molecule has 0 aliphatic rings. The molecule has 0 aliphatic heterocycles. The number of aromatic amines is 1. The number of furan rings is 1. The van der Waals surface area contributed by atoms with Crippen LogP contribution < -0.4 is 11.2 Å². The first-order chi connectivity index (χ1) is 9.95. The first-order valence-corrected chi connectivity index (χ1v) is 6.88. The molecule has 3 rings (SSSR count). The standard InChI is InChI=1S/C14H10Cl2N2O3/c1-7-2-3-9(21-7)6-18-13(19)12-10(16)4-8(15)5-11(12)17-14(18)20/h2-5H,6H2,1H3,(H,17,20). The average Bonchev–Trinajstić information content (AvgIpc) is 2.79. The Morgan fingerprint density at radius 3 is 2.67 bits per heavy atom. The lowest BCUT2D eigenvalue weighted by Gasteiger charge is -2.06.